The van der Waals surface area contributed by atoms with Crippen LogP contribution in [0.25, 0.3) is 0 Å². The standard InChI is InChI=1S/C18H20N2O2.ClH/c1-13-7-8-15(19)11-16(13)18(21)20-9-10-22-17(12-20)14-5-3-2-4-6-14;/h2-8,11,17H,9-10,12,19H2,1H3;1H. The fourth-order valence-electron chi connectivity index (χ4n) is 2.74. The van der Waals surface area contributed by atoms with Crippen LogP contribution in [0.5, 0.6) is 0 Å². The number of aryl methyl sites for hydroxylation is 1. The molecule has 4 nitrogen and oxygen atoms in total. The number of nitrogens with zero attached hydrogens (tertiary/aromatic N) is 1. The SMILES string of the molecule is Cc1ccc(N)cc1C(=O)N1CCOC(c2ccccc2)C1.Cl. The summed E-state index contributed by atoms with van der Waals surface area (Å²) in [4.78, 5) is 14.6. The van der Waals surface area contributed by atoms with Crippen LogP contribution in [-0.2, 0) is 4.74 Å². The zero-order valence-corrected chi connectivity index (χ0v) is 13.9. The largest absolute Gasteiger partial charge is 0.399 e. The first-order chi connectivity index (χ1) is 10.6. The molecule has 122 valence electrons. The average molecular weight is 333 g/mol. The minimum absolute atomic E-state index is 0. The van der Waals surface area contributed by atoms with Gasteiger partial charge in [0.05, 0.1) is 13.2 Å². The van der Waals surface area contributed by atoms with Crippen molar-refractivity contribution in [1.29, 1.82) is 0 Å². The number of amides is 1. The summed E-state index contributed by atoms with van der Waals surface area (Å²) in [5.74, 6) is 0.0223. The van der Waals surface area contributed by atoms with Gasteiger partial charge in [0.25, 0.3) is 5.91 Å². The van der Waals surface area contributed by atoms with Gasteiger partial charge in [-0.05, 0) is 30.2 Å². The van der Waals surface area contributed by atoms with Crippen molar-refractivity contribution in [3.8, 4) is 0 Å². The number of halogens is 1. The number of nitrogen functional groups attached to an aromatic ring is 1. The normalized spacial score (nSPS) is 17.4. The number of ether oxygens (including phenoxy) is 1. The third-order valence-corrected chi connectivity index (χ3v) is 4.02. The van der Waals surface area contributed by atoms with Crippen LogP contribution >= 0.6 is 12.4 Å². The Bertz CT molecular complexity index is 676. The van der Waals surface area contributed by atoms with E-state index in [1.54, 1.807) is 6.07 Å². The highest BCUT2D eigenvalue weighted by Crippen LogP contribution is 2.24. The molecule has 0 bridgehead atoms. The molecule has 1 unspecified atom stereocenters. The molecule has 0 saturated carbocycles. The molecular weight excluding hydrogens is 312 g/mol. The van der Waals surface area contributed by atoms with Crippen LogP contribution in [0.1, 0.15) is 27.6 Å². The molecule has 3 rings (SSSR count). The second-order valence-electron chi connectivity index (χ2n) is 5.60. The van der Waals surface area contributed by atoms with E-state index in [-0.39, 0.29) is 24.4 Å². The maximum Gasteiger partial charge on any atom is 0.254 e. The number of morpholine rings is 1. The van der Waals surface area contributed by atoms with E-state index in [0.29, 0.717) is 30.9 Å². The Hall–Kier alpha value is -2.04. The molecule has 1 fully saturated rings. The van der Waals surface area contributed by atoms with Gasteiger partial charge in [-0.15, -0.1) is 12.4 Å². The summed E-state index contributed by atoms with van der Waals surface area (Å²) in [5.41, 5.74) is 9.15. The Balaban J connectivity index is 0.00000192. The van der Waals surface area contributed by atoms with Gasteiger partial charge in [-0.25, -0.2) is 0 Å². The van der Waals surface area contributed by atoms with Crippen molar-refractivity contribution in [2.45, 2.75) is 13.0 Å². The topological polar surface area (TPSA) is 55.6 Å². The van der Waals surface area contributed by atoms with Crippen LogP contribution in [0.4, 0.5) is 5.69 Å². The summed E-state index contributed by atoms with van der Waals surface area (Å²) in [6.45, 7) is 3.65. The Morgan fingerprint density at radius 1 is 1.22 bits per heavy atom. The van der Waals surface area contributed by atoms with Crippen molar-refractivity contribution >= 4 is 24.0 Å². The zero-order valence-electron chi connectivity index (χ0n) is 13.1. The summed E-state index contributed by atoms with van der Waals surface area (Å²) >= 11 is 0. The van der Waals surface area contributed by atoms with Crippen LogP contribution in [0.3, 0.4) is 0 Å². The summed E-state index contributed by atoms with van der Waals surface area (Å²) in [6.07, 6.45) is -0.0692. The highest BCUT2D eigenvalue weighted by Gasteiger charge is 2.26. The number of benzene rings is 2. The Labute approximate surface area is 142 Å². The molecule has 2 N–H and O–H groups in total. The second kappa shape index (κ2) is 7.49. The minimum Gasteiger partial charge on any atom is -0.399 e. The average Bonchev–Trinajstić information content (AvgIpc) is 2.57. The molecule has 0 radical (unpaired) electrons. The number of carbonyl (C=O) groups is 1. The van der Waals surface area contributed by atoms with Crippen LogP contribution in [0.2, 0.25) is 0 Å². The number of nitrogens with two attached hydrogens (primary N) is 1. The molecule has 1 aliphatic heterocycles. The summed E-state index contributed by atoms with van der Waals surface area (Å²) in [5, 5.41) is 0. The van der Waals surface area contributed by atoms with Crippen molar-refractivity contribution in [2.24, 2.45) is 0 Å². The van der Waals surface area contributed by atoms with Crippen molar-refractivity contribution < 1.29 is 9.53 Å². The van der Waals surface area contributed by atoms with E-state index in [1.807, 2.05) is 54.3 Å². The van der Waals surface area contributed by atoms with E-state index >= 15 is 0 Å². The van der Waals surface area contributed by atoms with Crippen LogP contribution in [0, 0.1) is 6.92 Å². The van der Waals surface area contributed by atoms with Gasteiger partial charge in [0, 0.05) is 17.8 Å². The van der Waals surface area contributed by atoms with Gasteiger partial charge in [-0.1, -0.05) is 36.4 Å². The van der Waals surface area contributed by atoms with Crippen molar-refractivity contribution in [3.63, 3.8) is 0 Å². The number of rotatable bonds is 2. The molecule has 0 spiro atoms. The van der Waals surface area contributed by atoms with Crippen LogP contribution < -0.4 is 5.73 Å². The first-order valence-corrected chi connectivity index (χ1v) is 7.47. The highest BCUT2D eigenvalue weighted by molar-refractivity contribution is 5.96. The molecule has 0 aromatic heterocycles. The second-order valence-corrected chi connectivity index (χ2v) is 5.60. The van der Waals surface area contributed by atoms with Crippen molar-refractivity contribution in [2.75, 3.05) is 25.4 Å². The lowest BCUT2D eigenvalue weighted by Gasteiger charge is -2.33. The smallest absolute Gasteiger partial charge is 0.254 e. The number of hydrogen-bond donors (Lipinski definition) is 1. The van der Waals surface area contributed by atoms with Gasteiger partial charge < -0.3 is 15.4 Å². The highest BCUT2D eigenvalue weighted by atomic mass is 35.5. The monoisotopic (exact) mass is 332 g/mol. The van der Waals surface area contributed by atoms with Crippen LogP contribution in [-0.4, -0.2) is 30.5 Å². The fourth-order valence-corrected chi connectivity index (χ4v) is 2.74. The van der Waals surface area contributed by atoms with Gasteiger partial charge in [-0.3, -0.25) is 4.79 Å². The first-order valence-electron chi connectivity index (χ1n) is 7.47. The molecule has 1 atom stereocenters. The quantitative estimate of drug-likeness (QED) is 0.859. The molecular formula is C18H21ClN2O2. The van der Waals surface area contributed by atoms with E-state index in [0.717, 1.165) is 11.1 Å². The van der Waals surface area contributed by atoms with E-state index in [9.17, 15) is 4.79 Å². The number of hydrogen-bond acceptors (Lipinski definition) is 3. The van der Waals surface area contributed by atoms with Gasteiger partial charge in [0.15, 0.2) is 0 Å². The summed E-state index contributed by atoms with van der Waals surface area (Å²) in [6, 6.07) is 15.5. The zero-order chi connectivity index (χ0) is 15.5. The maximum atomic E-state index is 12.8. The van der Waals surface area contributed by atoms with E-state index in [4.69, 9.17) is 10.5 Å². The molecule has 2 aromatic rings. The molecule has 5 heteroatoms. The Kier molecular flexibility index (Phi) is 5.64. The molecule has 1 amide bonds. The number of carbonyl (C=O) groups excluding carboxylic acids is 1. The Morgan fingerprint density at radius 3 is 2.70 bits per heavy atom. The number of anilines is 1. The predicted octanol–water partition coefficient (Wildman–Crippen LogP) is 3.21. The lowest BCUT2D eigenvalue weighted by atomic mass is 10.0. The third-order valence-electron chi connectivity index (χ3n) is 4.02. The van der Waals surface area contributed by atoms with Gasteiger partial charge in [0.2, 0.25) is 0 Å². The summed E-state index contributed by atoms with van der Waals surface area (Å²) in [7, 11) is 0. The Morgan fingerprint density at radius 2 is 1.96 bits per heavy atom. The molecule has 2 aromatic carbocycles. The summed E-state index contributed by atoms with van der Waals surface area (Å²) < 4.78 is 5.82. The van der Waals surface area contributed by atoms with Crippen LogP contribution in [0.15, 0.2) is 48.5 Å². The molecule has 1 saturated heterocycles. The van der Waals surface area contributed by atoms with Gasteiger partial charge in [-0.2, -0.15) is 0 Å². The molecule has 1 aliphatic rings. The molecule has 23 heavy (non-hydrogen) atoms. The van der Waals surface area contributed by atoms with Gasteiger partial charge >= 0.3 is 0 Å². The maximum absolute atomic E-state index is 12.8. The first kappa shape index (κ1) is 17.3. The van der Waals surface area contributed by atoms with E-state index < -0.39 is 0 Å². The predicted molar refractivity (Wildman–Crippen MR) is 93.9 cm³/mol. The lowest BCUT2D eigenvalue weighted by molar-refractivity contribution is -0.0228. The molecule has 0 aliphatic carbocycles. The lowest BCUT2D eigenvalue weighted by Crippen LogP contribution is -2.42. The third kappa shape index (κ3) is 3.84. The van der Waals surface area contributed by atoms with Crippen molar-refractivity contribution in [1.82, 2.24) is 4.90 Å². The van der Waals surface area contributed by atoms with Gasteiger partial charge in [0.1, 0.15) is 6.10 Å². The van der Waals surface area contributed by atoms with Crippen molar-refractivity contribution in [3.05, 3.63) is 65.2 Å². The molecule has 1 heterocycles. The van der Waals surface area contributed by atoms with E-state index in [2.05, 4.69) is 0 Å². The minimum atomic E-state index is -0.0692. The van der Waals surface area contributed by atoms with E-state index in [1.165, 1.54) is 0 Å². The fraction of sp³-hybridized carbons (Fsp3) is 0.278.